The summed E-state index contributed by atoms with van der Waals surface area (Å²) in [5.74, 6) is 0. The lowest BCUT2D eigenvalue weighted by Crippen LogP contribution is -2.58. The number of furan rings is 2. The molecule has 3 aliphatic heterocycles. The fourth-order valence-electron chi connectivity index (χ4n) is 11.7. The zero-order valence-electron chi connectivity index (χ0n) is 29.9. The number of rotatable bonds is 0. The maximum absolute atomic E-state index is 6.96. The molecule has 4 aliphatic rings. The molecule has 1 spiro atoms. The van der Waals surface area contributed by atoms with Gasteiger partial charge in [-0.2, -0.15) is 0 Å². The van der Waals surface area contributed by atoms with E-state index >= 15 is 0 Å². The molecular weight excluding hydrogens is 683 g/mol. The van der Waals surface area contributed by atoms with E-state index in [4.69, 9.17) is 8.83 Å². The molecule has 15 rings (SSSR count). The second kappa shape index (κ2) is 9.34. The van der Waals surface area contributed by atoms with Gasteiger partial charge in [-0.1, -0.05) is 127 Å². The minimum atomic E-state index is -0.505. The zero-order chi connectivity index (χ0) is 36.0. The van der Waals surface area contributed by atoms with Crippen LogP contribution in [0, 0.1) is 0 Å². The average molecular weight is 711 g/mol. The summed E-state index contributed by atoms with van der Waals surface area (Å²) in [4.78, 5) is 2.60. The Balaban J connectivity index is 1.19. The van der Waals surface area contributed by atoms with Crippen molar-refractivity contribution < 1.29 is 8.83 Å². The van der Waals surface area contributed by atoms with Gasteiger partial charge in [-0.3, -0.25) is 0 Å². The lowest BCUT2D eigenvalue weighted by molar-refractivity contribution is 0.670. The molecule has 0 unspecified atom stereocenters. The third-order valence-electron chi connectivity index (χ3n) is 13.6. The predicted octanol–water partition coefficient (Wildman–Crippen LogP) is 11.5. The second-order valence-electron chi connectivity index (χ2n) is 15.8. The van der Waals surface area contributed by atoms with Gasteiger partial charge in [0.15, 0.2) is 5.58 Å². The van der Waals surface area contributed by atoms with Crippen LogP contribution in [0.3, 0.4) is 0 Å². The molecule has 56 heavy (non-hydrogen) atoms. The Kier molecular flexibility index (Phi) is 4.71. The second-order valence-corrected chi connectivity index (χ2v) is 15.8. The van der Waals surface area contributed by atoms with Crippen LogP contribution < -0.4 is 15.8 Å². The van der Waals surface area contributed by atoms with Crippen molar-refractivity contribution in [1.82, 2.24) is 4.48 Å². The van der Waals surface area contributed by atoms with Crippen LogP contribution in [-0.4, -0.2) is 11.3 Å². The van der Waals surface area contributed by atoms with E-state index in [-0.39, 0.29) is 6.85 Å². The predicted molar refractivity (Wildman–Crippen MR) is 228 cm³/mol. The molecule has 0 amide bonds. The topological polar surface area (TPSA) is 34.5 Å². The maximum atomic E-state index is 6.96. The molecule has 11 aromatic rings. The molecule has 8 aromatic carbocycles. The molecule has 1 aliphatic carbocycles. The van der Waals surface area contributed by atoms with Crippen LogP contribution in [0.1, 0.15) is 22.3 Å². The summed E-state index contributed by atoms with van der Waals surface area (Å²) >= 11 is 0. The number of nitrogens with zero attached hydrogens (tertiary/aromatic N) is 2. The molecule has 4 nitrogen and oxygen atoms in total. The van der Waals surface area contributed by atoms with Gasteiger partial charge >= 0.3 is 6.85 Å². The minimum Gasteiger partial charge on any atom is -0.455 e. The molecule has 5 heteroatoms. The molecule has 256 valence electrons. The minimum absolute atomic E-state index is 0.145. The first-order valence-electron chi connectivity index (χ1n) is 19.5. The smallest absolute Gasteiger partial charge is 0.333 e. The van der Waals surface area contributed by atoms with Crippen molar-refractivity contribution in [3.8, 4) is 22.3 Å². The van der Waals surface area contributed by atoms with Gasteiger partial charge < -0.3 is 18.2 Å². The number of aromatic nitrogens is 1. The zero-order valence-corrected chi connectivity index (χ0v) is 29.9. The van der Waals surface area contributed by atoms with Gasteiger partial charge in [-0.25, -0.2) is 0 Å². The van der Waals surface area contributed by atoms with Crippen LogP contribution in [0.2, 0.25) is 0 Å². The van der Waals surface area contributed by atoms with Crippen molar-refractivity contribution in [2.75, 3.05) is 4.90 Å². The van der Waals surface area contributed by atoms with Crippen LogP contribution in [0.25, 0.3) is 77.2 Å². The number of hydrogen-bond donors (Lipinski definition) is 0. The summed E-state index contributed by atoms with van der Waals surface area (Å²) in [6, 6.07) is 60.6. The lowest BCUT2D eigenvalue weighted by Gasteiger charge is -2.49. The third-order valence-corrected chi connectivity index (χ3v) is 13.6. The number of benzene rings is 8. The Morgan fingerprint density at radius 2 is 1.05 bits per heavy atom. The van der Waals surface area contributed by atoms with Crippen LogP contribution in [-0.2, 0) is 5.41 Å². The first kappa shape index (κ1) is 28.2. The van der Waals surface area contributed by atoms with Crippen LogP contribution in [0.15, 0.2) is 173 Å². The van der Waals surface area contributed by atoms with Gasteiger partial charge in [0.25, 0.3) is 0 Å². The highest BCUT2D eigenvalue weighted by Gasteiger charge is 2.55. The average Bonchev–Trinajstić information content (AvgIpc) is 3.99. The summed E-state index contributed by atoms with van der Waals surface area (Å²) in [5.41, 5.74) is 22.0. The summed E-state index contributed by atoms with van der Waals surface area (Å²) in [6.07, 6.45) is 0. The molecule has 0 bridgehead atoms. The van der Waals surface area contributed by atoms with Gasteiger partial charge in [-0.15, -0.1) is 0 Å². The normalized spacial score (nSPS) is 14.9. The van der Waals surface area contributed by atoms with Gasteiger partial charge in [-0.05, 0) is 80.7 Å². The van der Waals surface area contributed by atoms with Crippen LogP contribution in [0.4, 0.5) is 17.1 Å². The van der Waals surface area contributed by atoms with Gasteiger partial charge in [0.05, 0.1) is 16.6 Å². The van der Waals surface area contributed by atoms with Crippen molar-refractivity contribution >= 4 is 89.7 Å². The maximum Gasteiger partial charge on any atom is 0.333 e. The van der Waals surface area contributed by atoms with E-state index in [0.717, 1.165) is 49.4 Å². The summed E-state index contributed by atoms with van der Waals surface area (Å²) < 4.78 is 16.4. The van der Waals surface area contributed by atoms with Crippen molar-refractivity contribution in [2.45, 2.75) is 5.41 Å². The van der Waals surface area contributed by atoms with Crippen molar-refractivity contribution in [1.29, 1.82) is 0 Å². The SMILES string of the molecule is c1ccc2c(c1)-c1ccccc1C21c2ccccc2N2c3cc4c(oc5ccccc54)c4c3B(c3cccc1c32)n1c2c-4cccc2c2oc3ccccc3c21. The largest absolute Gasteiger partial charge is 0.455 e. The number of anilines is 3. The Morgan fingerprint density at radius 3 is 1.88 bits per heavy atom. The molecule has 0 fully saturated rings. The van der Waals surface area contributed by atoms with E-state index in [9.17, 15) is 0 Å². The van der Waals surface area contributed by atoms with E-state index in [0.29, 0.717) is 0 Å². The van der Waals surface area contributed by atoms with Crippen LogP contribution in [0.5, 0.6) is 0 Å². The molecule has 0 atom stereocenters. The fraction of sp³-hybridized carbons (Fsp3) is 0.0196. The monoisotopic (exact) mass is 710 g/mol. The van der Waals surface area contributed by atoms with E-state index in [1.165, 1.54) is 78.0 Å². The van der Waals surface area contributed by atoms with Crippen molar-refractivity contribution in [3.05, 3.63) is 186 Å². The fourth-order valence-corrected chi connectivity index (χ4v) is 11.7. The van der Waals surface area contributed by atoms with E-state index in [1.54, 1.807) is 0 Å². The van der Waals surface area contributed by atoms with E-state index in [1.807, 2.05) is 0 Å². The van der Waals surface area contributed by atoms with Crippen LogP contribution >= 0.6 is 0 Å². The highest BCUT2D eigenvalue weighted by molar-refractivity contribution is 6.90. The summed E-state index contributed by atoms with van der Waals surface area (Å²) in [7, 11) is 0. The summed E-state index contributed by atoms with van der Waals surface area (Å²) in [6.45, 7) is -0.145. The Hall–Kier alpha value is -7.24. The van der Waals surface area contributed by atoms with Crippen molar-refractivity contribution in [3.63, 3.8) is 0 Å². The summed E-state index contributed by atoms with van der Waals surface area (Å²) in [5, 5.41) is 4.52. The highest BCUT2D eigenvalue weighted by Crippen LogP contribution is 2.64. The molecule has 0 N–H and O–H groups in total. The van der Waals surface area contributed by atoms with Gasteiger partial charge in [0.1, 0.15) is 16.7 Å². The van der Waals surface area contributed by atoms with E-state index in [2.05, 4.69) is 173 Å². The molecule has 6 heterocycles. The molecule has 3 aromatic heterocycles. The Labute approximate surface area is 320 Å². The number of hydrogen-bond acceptors (Lipinski definition) is 3. The first-order chi connectivity index (χ1) is 27.8. The highest BCUT2D eigenvalue weighted by atomic mass is 16.3. The third kappa shape index (κ3) is 2.90. The Morgan fingerprint density at radius 1 is 0.446 bits per heavy atom. The molecular formula is C51H27BN2O2. The lowest BCUT2D eigenvalue weighted by atomic mass is 9.44. The first-order valence-corrected chi connectivity index (χ1v) is 19.5. The quantitative estimate of drug-likeness (QED) is 0.147. The Bertz CT molecular complexity index is 3590. The number of para-hydroxylation sites is 5. The molecule has 0 saturated carbocycles. The van der Waals surface area contributed by atoms with Gasteiger partial charge in [0.2, 0.25) is 0 Å². The molecule has 0 radical (unpaired) electrons. The number of fused-ring (bicyclic) bond motifs is 22. The van der Waals surface area contributed by atoms with Crippen molar-refractivity contribution in [2.24, 2.45) is 0 Å². The molecule has 0 saturated heterocycles. The van der Waals surface area contributed by atoms with Gasteiger partial charge in [0, 0.05) is 49.6 Å². The standard InChI is InChI=1S/C51H27BN2O2/c1-5-19-35-28(13-1)29-14-2-6-20-36(29)51(35)37-21-7-8-24-40(37)53-41-27-34-30-15-3-9-25-42(30)55-49(34)44-32-17-11-18-33-46(32)54(47-31-16-4-10-26-43(31)56-50(33)47)52(45(41)44)39-23-12-22-38(51)48(39)53/h1-27H. The van der Waals surface area contributed by atoms with E-state index < -0.39 is 5.41 Å².